The molecule has 5 rings (SSSR count). The molecule has 2 aliphatic rings. The van der Waals surface area contributed by atoms with Gasteiger partial charge in [-0.2, -0.15) is 13.2 Å². The maximum absolute atomic E-state index is 13.4. The zero-order chi connectivity index (χ0) is 33.0. The molecule has 6 nitrogen and oxygen atoms in total. The minimum Gasteiger partial charge on any atom is -0.346 e. The molecule has 9 heteroatoms. The van der Waals surface area contributed by atoms with Crippen LogP contribution in [0.5, 0.6) is 0 Å². The molecule has 3 aromatic rings. The summed E-state index contributed by atoms with van der Waals surface area (Å²) in [5, 5.41) is 9.53. The number of hydrogen-bond acceptors (Lipinski definition) is 5. The average Bonchev–Trinajstić information content (AvgIpc) is 3.30. The topological polar surface area (TPSA) is 81.7 Å². The Morgan fingerprint density at radius 1 is 0.911 bits per heavy atom. The molecule has 1 aliphatic heterocycles. The second-order valence-corrected chi connectivity index (χ2v) is 11.9. The number of amides is 1. The minimum atomic E-state index is -4.44. The van der Waals surface area contributed by atoms with Gasteiger partial charge in [0.2, 0.25) is 5.91 Å². The summed E-state index contributed by atoms with van der Waals surface area (Å²) in [6, 6.07) is 22.9. The maximum Gasteiger partial charge on any atom is 0.405 e. The predicted molar refractivity (Wildman–Crippen MR) is 172 cm³/mol. The highest BCUT2D eigenvalue weighted by molar-refractivity contribution is 6.00. The molecular formula is C36H46F3N3O3. The Hall–Kier alpha value is -3.53. The number of unbranched alkanes of at least 4 members (excludes halogenated alkanes) is 1. The molecule has 0 radical (unpaired) electrons. The molecule has 0 bridgehead atoms. The lowest BCUT2D eigenvalue weighted by atomic mass is 9.73. The number of rotatable bonds is 8. The number of hydroxylamine groups is 1. The second-order valence-electron chi connectivity index (χ2n) is 11.9. The van der Waals surface area contributed by atoms with Crippen LogP contribution in [0.25, 0.3) is 11.1 Å². The van der Waals surface area contributed by atoms with Crippen molar-refractivity contribution in [2.45, 2.75) is 64.5 Å². The van der Waals surface area contributed by atoms with Crippen molar-refractivity contribution >= 4 is 11.7 Å². The lowest BCUT2D eigenvalue weighted by Crippen LogP contribution is -2.47. The monoisotopic (exact) mass is 625 g/mol. The fourth-order valence-corrected chi connectivity index (χ4v) is 6.26. The normalized spacial score (nSPS) is 15.5. The SMILES string of the molecule is CC(=O)c1ccccc1C.CC1CCN(CCCCC2(C(=O)NCC(F)(F)F)c3ccccc3-c3ccccc32)CC1.CNO. The predicted octanol–water partition coefficient (Wildman–Crippen LogP) is 7.33. The third-order valence-corrected chi connectivity index (χ3v) is 8.58. The molecule has 45 heavy (non-hydrogen) atoms. The number of likely N-dealkylation sites (tertiary alicyclic amines) is 1. The first-order chi connectivity index (χ1) is 21.4. The first-order valence-electron chi connectivity index (χ1n) is 15.6. The van der Waals surface area contributed by atoms with E-state index in [2.05, 4.69) is 17.1 Å². The zero-order valence-corrected chi connectivity index (χ0v) is 26.7. The van der Waals surface area contributed by atoms with Gasteiger partial charge in [0, 0.05) is 12.6 Å². The molecule has 0 aromatic heterocycles. The van der Waals surface area contributed by atoms with E-state index in [1.165, 1.54) is 19.9 Å². The van der Waals surface area contributed by atoms with Gasteiger partial charge in [-0.15, -0.1) is 0 Å². The van der Waals surface area contributed by atoms with Crippen LogP contribution in [0.15, 0.2) is 72.8 Å². The Morgan fingerprint density at radius 2 is 1.42 bits per heavy atom. The van der Waals surface area contributed by atoms with Gasteiger partial charge in [-0.25, -0.2) is 5.48 Å². The van der Waals surface area contributed by atoms with Gasteiger partial charge in [-0.3, -0.25) is 9.59 Å². The van der Waals surface area contributed by atoms with Gasteiger partial charge in [0.1, 0.15) is 12.0 Å². The highest BCUT2D eigenvalue weighted by Crippen LogP contribution is 2.51. The number of carbonyl (C=O) groups excluding carboxylic acids is 2. The molecule has 1 aliphatic carbocycles. The fraction of sp³-hybridized carbons (Fsp3) is 0.444. The quantitative estimate of drug-likeness (QED) is 0.139. The molecular weight excluding hydrogens is 579 g/mol. The van der Waals surface area contributed by atoms with Crippen molar-refractivity contribution in [3.8, 4) is 11.1 Å². The van der Waals surface area contributed by atoms with E-state index >= 15 is 0 Å². The van der Waals surface area contributed by atoms with Crippen molar-refractivity contribution in [3.63, 3.8) is 0 Å². The van der Waals surface area contributed by atoms with Gasteiger partial charge >= 0.3 is 6.18 Å². The standard InChI is InChI=1S/C26H31F3N2O.C9H10O.CH5NO/c1-19-12-16-31(17-13-19)15-7-6-14-25(24(32)30-18-26(27,28)29)22-10-4-2-8-20(22)21-9-3-5-11-23(21)25;1-7-5-3-4-6-9(7)8(2)10;1-2-3/h2-5,8-11,19H,6-7,12-18H2,1H3,(H,30,32);3-6H,1-2H3;2-3H,1H3. The summed E-state index contributed by atoms with van der Waals surface area (Å²) in [5.74, 6) is 0.357. The summed E-state index contributed by atoms with van der Waals surface area (Å²) in [5.41, 5.74) is 6.04. The number of aryl methyl sites for hydroxylation is 1. The van der Waals surface area contributed by atoms with Crippen LogP contribution in [-0.2, 0) is 10.2 Å². The number of halogens is 3. The van der Waals surface area contributed by atoms with Crippen molar-refractivity contribution in [2.75, 3.05) is 33.2 Å². The number of Topliss-reactive ketones (excluding diaryl/α,β-unsaturated/α-hetero) is 1. The van der Waals surface area contributed by atoms with E-state index in [1.54, 1.807) is 12.4 Å². The van der Waals surface area contributed by atoms with Gasteiger partial charge in [0.25, 0.3) is 0 Å². The number of ketones is 1. The van der Waals surface area contributed by atoms with E-state index < -0.39 is 24.0 Å². The highest BCUT2D eigenvalue weighted by atomic mass is 19.4. The number of alkyl halides is 3. The minimum absolute atomic E-state index is 0.137. The van der Waals surface area contributed by atoms with E-state index in [0.29, 0.717) is 6.42 Å². The summed E-state index contributed by atoms with van der Waals surface area (Å²) < 4.78 is 38.8. The van der Waals surface area contributed by atoms with Crippen LogP contribution in [0.3, 0.4) is 0 Å². The molecule has 1 fully saturated rings. The highest BCUT2D eigenvalue weighted by Gasteiger charge is 2.49. The molecule has 0 atom stereocenters. The first-order valence-corrected chi connectivity index (χ1v) is 15.6. The van der Waals surface area contributed by atoms with E-state index in [1.807, 2.05) is 79.7 Å². The Morgan fingerprint density at radius 3 is 1.91 bits per heavy atom. The smallest absolute Gasteiger partial charge is 0.346 e. The van der Waals surface area contributed by atoms with Crippen molar-refractivity contribution in [2.24, 2.45) is 5.92 Å². The van der Waals surface area contributed by atoms with Crippen LogP contribution >= 0.6 is 0 Å². The van der Waals surface area contributed by atoms with E-state index in [0.717, 1.165) is 71.8 Å². The molecule has 1 amide bonds. The van der Waals surface area contributed by atoms with Gasteiger partial charge in [-0.1, -0.05) is 86.1 Å². The van der Waals surface area contributed by atoms with E-state index in [9.17, 15) is 22.8 Å². The molecule has 0 unspecified atom stereocenters. The Labute approximate surface area is 265 Å². The number of piperidine rings is 1. The van der Waals surface area contributed by atoms with E-state index in [-0.39, 0.29) is 5.78 Å². The molecule has 1 saturated heterocycles. The summed E-state index contributed by atoms with van der Waals surface area (Å²) in [7, 11) is 1.43. The lowest BCUT2D eigenvalue weighted by Gasteiger charge is -2.32. The van der Waals surface area contributed by atoms with Crippen LogP contribution < -0.4 is 10.8 Å². The molecule has 3 N–H and O–H groups in total. The van der Waals surface area contributed by atoms with Crippen LogP contribution in [0.1, 0.15) is 73.0 Å². The summed E-state index contributed by atoms with van der Waals surface area (Å²) >= 11 is 0. The zero-order valence-electron chi connectivity index (χ0n) is 26.7. The summed E-state index contributed by atoms with van der Waals surface area (Å²) in [6.07, 6.45) is 0.172. The third kappa shape index (κ3) is 9.48. The Bertz CT molecular complexity index is 1360. The van der Waals surface area contributed by atoms with E-state index in [4.69, 9.17) is 5.21 Å². The third-order valence-electron chi connectivity index (χ3n) is 8.58. The van der Waals surface area contributed by atoms with Crippen molar-refractivity contribution in [1.29, 1.82) is 0 Å². The molecule has 244 valence electrons. The largest absolute Gasteiger partial charge is 0.405 e. The van der Waals surface area contributed by atoms with Crippen LogP contribution in [0.2, 0.25) is 0 Å². The molecule has 0 spiro atoms. The summed E-state index contributed by atoms with van der Waals surface area (Å²) in [6.45, 7) is 7.67. The van der Waals surface area contributed by atoms with Gasteiger partial charge < -0.3 is 15.4 Å². The second kappa shape index (κ2) is 16.7. The van der Waals surface area contributed by atoms with Crippen molar-refractivity contribution in [3.05, 3.63) is 95.1 Å². The molecule has 0 saturated carbocycles. The summed E-state index contributed by atoms with van der Waals surface area (Å²) in [4.78, 5) is 26.8. The number of benzene rings is 3. The number of nitrogens with one attached hydrogen (secondary N) is 2. The van der Waals surface area contributed by atoms with Gasteiger partial charge in [0.15, 0.2) is 5.78 Å². The Balaban J connectivity index is 0.000000356. The van der Waals surface area contributed by atoms with Gasteiger partial charge in [0.05, 0.1) is 0 Å². The number of carbonyl (C=O) groups is 2. The fourth-order valence-electron chi connectivity index (χ4n) is 6.26. The number of hydrogen-bond donors (Lipinski definition) is 3. The average molecular weight is 626 g/mol. The van der Waals surface area contributed by atoms with Crippen LogP contribution in [-0.4, -0.2) is 61.2 Å². The number of nitrogens with zero attached hydrogens (tertiary/aromatic N) is 1. The van der Waals surface area contributed by atoms with Gasteiger partial charge in [-0.05, 0) is 92.9 Å². The van der Waals surface area contributed by atoms with Crippen LogP contribution in [0, 0.1) is 12.8 Å². The molecule has 1 heterocycles. The molecule has 3 aromatic carbocycles. The first kappa shape index (κ1) is 35.9. The number of fused-ring (bicyclic) bond motifs is 3. The lowest BCUT2D eigenvalue weighted by molar-refractivity contribution is -0.141. The van der Waals surface area contributed by atoms with Crippen LogP contribution in [0.4, 0.5) is 13.2 Å². The van der Waals surface area contributed by atoms with Crippen molar-refractivity contribution in [1.82, 2.24) is 15.7 Å². The maximum atomic E-state index is 13.4. The Kier molecular flexibility index (Phi) is 13.3. The van der Waals surface area contributed by atoms with Crippen molar-refractivity contribution < 1.29 is 28.0 Å².